The highest BCUT2D eigenvalue weighted by atomic mass is 16.1. The Morgan fingerprint density at radius 1 is 1.17 bits per heavy atom. The number of carbonyl (C=O) groups is 2. The zero-order valence-corrected chi connectivity index (χ0v) is 10.3. The molecule has 0 atom stereocenters. The molecule has 92 valence electrons. The van der Waals surface area contributed by atoms with E-state index in [1.54, 1.807) is 12.1 Å². The Bertz CT molecular complexity index is 536. The summed E-state index contributed by atoms with van der Waals surface area (Å²) in [6.07, 6.45) is 8.47. The third-order valence-corrected chi connectivity index (χ3v) is 4.05. The highest BCUT2D eigenvalue weighted by Gasteiger charge is 2.24. The smallest absolute Gasteiger partial charge is 0.188 e. The monoisotopic (exact) mass is 240 g/mol. The zero-order chi connectivity index (χ0) is 12.5. The third-order valence-electron chi connectivity index (χ3n) is 4.05. The van der Waals surface area contributed by atoms with Crippen molar-refractivity contribution < 1.29 is 9.59 Å². The van der Waals surface area contributed by atoms with Crippen molar-refractivity contribution in [1.82, 2.24) is 0 Å². The molecule has 0 aromatic heterocycles. The lowest BCUT2D eigenvalue weighted by Crippen LogP contribution is -2.17. The van der Waals surface area contributed by atoms with Crippen LogP contribution in [0.4, 0.5) is 0 Å². The van der Waals surface area contributed by atoms with E-state index in [-0.39, 0.29) is 5.78 Å². The Hall–Kier alpha value is -1.70. The van der Waals surface area contributed by atoms with Crippen LogP contribution in [0, 0.1) is 5.92 Å². The Morgan fingerprint density at radius 3 is 2.67 bits per heavy atom. The number of ketones is 1. The highest BCUT2D eigenvalue weighted by Crippen LogP contribution is 2.32. The molecule has 0 saturated heterocycles. The van der Waals surface area contributed by atoms with Crippen LogP contribution >= 0.6 is 0 Å². The molecule has 2 nitrogen and oxygen atoms in total. The van der Waals surface area contributed by atoms with Crippen molar-refractivity contribution in [1.29, 1.82) is 0 Å². The van der Waals surface area contributed by atoms with Crippen LogP contribution in [-0.4, -0.2) is 12.1 Å². The number of fused-ring (bicyclic) bond motifs is 1. The molecule has 1 fully saturated rings. The number of aldehydes is 1. The molecule has 0 N–H and O–H groups in total. The SMILES string of the molecule is O=Cc1ccc2c(c1)CC/C(=C\C1CCC1)C2=O. The highest BCUT2D eigenvalue weighted by molar-refractivity contribution is 6.11. The predicted molar refractivity (Wildman–Crippen MR) is 69.9 cm³/mol. The second-order valence-electron chi connectivity index (χ2n) is 5.25. The van der Waals surface area contributed by atoms with Gasteiger partial charge in [-0.2, -0.15) is 0 Å². The Kier molecular flexibility index (Phi) is 2.86. The summed E-state index contributed by atoms with van der Waals surface area (Å²) in [6.45, 7) is 0. The van der Waals surface area contributed by atoms with Crippen LogP contribution in [-0.2, 0) is 6.42 Å². The number of hydrogen-bond donors (Lipinski definition) is 0. The van der Waals surface area contributed by atoms with E-state index in [4.69, 9.17) is 0 Å². The summed E-state index contributed by atoms with van der Waals surface area (Å²) in [6, 6.07) is 5.38. The lowest BCUT2D eigenvalue weighted by molar-refractivity contribution is 0.102. The molecule has 2 aliphatic carbocycles. The average molecular weight is 240 g/mol. The number of carbonyl (C=O) groups excluding carboxylic acids is 2. The van der Waals surface area contributed by atoms with Gasteiger partial charge in [0.2, 0.25) is 0 Å². The van der Waals surface area contributed by atoms with Gasteiger partial charge in [0.25, 0.3) is 0 Å². The van der Waals surface area contributed by atoms with Gasteiger partial charge in [-0.3, -0.25) is 9.59 Å². The van der Waals surface area contributed by atoms with Gasteiger partial charge >= 0.3 is 0 Å². The van der Waals surface area contributed by atoms with Crippen molar-refractivity contribution in [2.75, 3.05) is 0 Å². The van der Waals surface area contributed by atoms with E-state index in [2.05, 4.69) is 6.08 Å². The zero-order valence-electron chi connectivity index (χ0n) is 10.3. The van der Waals surface area contributed by atoms with Crippen molar-refractivity contribution in [2.45, 2.75) is 32.1 Å². The van der Waals surface area contributed by atoms with E-state index in [0.29, 0.717) is 11.5 Å². The molecule has 0 spiro atoms. The number of rotatable bonds is 2. The maximum Gasteiger partial charge on any atom is 0.188 e. The van der Waals surface area contributed by atoms with E-state index < -0.39 is 0 Å². The Morgan fingerprint density at radius 2 is 2.00 bits per heavy atom. The molecule has 0 bridgehead atoms. The third kappa shape index (κ3) is 1.92. The van der Waals surface area contributed by atoms with Gasteiger partial charge in [-0.05, 0) is 48.8 Å². The topological polar surface area (TPSA) is 34.1 Å². The van der Waals surface area contributed by atoms with Crippen LogP contribution in [0.2, 0.25) is 0 Å². The number of benzene rings is 1. The average Bonchev–Trinajstić information content (AvgIpc) is 2.35. The van der Waals surface area contributed by atoms with Gasteiger partial charge in [0, 0.05) is 11.1 Å². The summed E-state index contributed by atoms with van der Waals surface area (Å²) in [5.41, 5.74) is 3.45. The molecule has 0 radical (unpaired) electrons. The maximum atomic E-state index is 12.3. The van der Waals surface area contributed by atoms with Crippen molar-refractivity contribution in [2.24, 2.45) is 5.92 Å². The number of Topliss-reactive ketones (excluding diaryl/α,β-unsaturated/α-hetero) is 1. The van der Waals surface area contributed by atoms with Crippen LogP contribution in [0.15, 0.2) is 29.8 Å². The van der Waals surface area contributed by atoms with Crippen LogP contribution in [0.1, 0.15) is 52.0 Å². The number of aryl methyl sites for hydroxylation is 1. The summed E-state index contributed by atoms with van der Waals surface area (Å²) in [5, 5.41) is 0. The number of hydrogen-bond acceptors (Lipinski definition) is 2. The van der Waals surface area contributed by atoms with Gasteiger partial charge in [0.15, 0.2) is 5.78 Å². The first-order valence-electron chi connectivity index (χ1n) is 6.61. The standard InChI is InChI=1S/C16H16O2/c17-10-12-4-7-15-13(9-12)5-6-14(16(15)18)8-11-2-1-3-11/h4,7-11H,1-3,5-6H2/b14-8+. The van der Waals surface area contributed by atoms with Crippen LogP contribution < -0.4 is 0 Å². The number of allylic oxidation sites excluding steroid dienone is 2. The van der Waals surface area contributed by atoms with Gasteiger partial charge < -0.3 is 0 Å². The molecular formula is C16H16O2. The molecule has 2 aliphatic rings. The molecule has 1 aromatic rings. The molecule has 3 rings (SSSR count). The fraction of sp³-hybridized carbons (Fsp3) is 0.375. The van der Waals surface area contributed by atoms with E-state index in [9.17, 15) is 9.59 Å². The molecule has 0 heterocycles. The molecule has 0 amide bonds. The molecule has 1 saturated carbocycles. The Labute approximate surface area is 107 Å². The summed E-state index contributed by atoms with van der Waals surface area (Å²) < 4.78 is 0. The minimum atomic E-state index is 0.167. The Balaban J connectivity index is 1.91. The lowest BCUT2D eigenvalue weighted by atomic mass is 9.79. The first-order chi connectivity index (χ1) is 8.78. The van der Waals surface area contributed by atoms with E-state index in [1.165, 1.54) is 19.3 Å². The minimum absolute atomic E-state index is 0.167. The molecule has 18 heavy (non-hydrogen) atoms. The second kappa shape index (κ2) is 4.52. The van der Waals surface area contributed by atoms with Crippen LogP contribution in [0.3, 0.4) is 0 Å². The quantitative estimate of drug-likeness (QED) is 0.586. The minimum Gasteiger partial charge on any atom is -0.298 e. The normalized spacial score (nSPS) is 21.6. The van der Waals surface area contributed by atoms with Gasteiger partial charge in [0.1, 0.15) is 6.29 Å². The van der Waals surface area contributed by atoms with E-state index >= 15 is 0 Å². The first-order valence-corrected chi connectivity index (χ1v) is 6.61. The van der Waals surface area contributed by atoms with Crippen LogP contribution in [0.25, 0.3) is 0 Å². The molecule has 2 heteroatoms. The fourth-order valence-corrected chi connectivity index (χ4v) is 2.72. The van der Waals surface area contributed by atoms with E-state index in [1.807, 2.05) is 6.07 Å². The predicted octanol–water partition coefficient (Wildman–Crippen LogP) is 3.35. The molecule has 0 aliphatic heterocycles. The van der Waals surface area contributed by atoms with Gasteiger partial charge in [-0.15, -0.1) is 0 Å². The molecule has 1 aromatic carbocycles. The first kappa shape index (κ1) is 11.4. The summed E-state index contributed by atoms with van der Waals surface area (Å²) >= 11 is 0. The van der Waals surface area contributed by atoms with Crippen molar-refractivity contribution in [3.63, 3.8) is 0 Å². The van der Waals surface area contributed by atoms with Crippen LogP contribution in [0.5, 0.6) is 0 Å². The van der Waals surface area contributed by atoms with Gasteiger partial charge in [-0.25, -0.2) is 0 Å². The lowest BCUT2D eigenvalue weighted by Gasteiger charge is -2.25. The van der Waals surface area contributed by atoms with Crippen molar-refractivity contribution in [3.8, 4) is 0 Å². The van der Waals surface area contributed by atoms with Crippen molar-refractivity contribution >= 4 is 12.1 Å². The van der Waals surface area contributed by atoms with Crippen molar-refractivity contribution in [3.05, 3.63) is 46.5 Å². The second-order valence-corrected chi connectivity index (χ2v) is 5.25. The summed E-state index contributed by atoms with van der Waals surface area (Å²) in [7, 11) is 0. The maximum absolute atomic E-state index is 12.3. The largest absolute Gasteiger partial charge is 0.298 e. The molecule has 0 unspecified atom stereocenters. The fourth-order valence-electron chi connectivity index (χ4n) is 2.72. The summed E-state index contributed by atoms with van der Waals surface area (Å²) in [4.78, 5) is 23.1. The molecular weight excluding hydrogens is 224 g/mol. The van der Waals surface area contributed by atoms with E-state index in [0.717, 1.165) is 35.8 Å². The van der Waals surface area contributed by atoms with Gasteiger partial charge in [0.05, 0.1) is 0 Å². The summed E-state index contributed by atoms with van der Waals surface area (Å²) in [5.74, 6) is 0.792. The van der Waals surface area contributed by atoms with Gasteiger partial charge in [-0.1, -0.05) is 24.6 Å².